The van der Waals surface area contributed by atoms with Gasteiger partial charge in [-0.2, -0.15) is 0 Å². The lowest BCUT2D eigenvalue weighted by Gasteiger charge is -2.25. The number of carbonyl (C=O) groups excluding carboxylic acids is 1. The molecule has 1 saturated heterocycles. The van der Waals surface area contributed by atoms with Crippen molar-refractivity contribution in [3.05, 3.63) is 0 Å². The minimum atomic E-state index is 0.212. The summed E-state index contributed by atoms with van der Waals surface area (Å²) in [6.45, 7) is 4.57. The van der Waals surface area contributed by atoms with Crippen LogP contribution in [0.5, 0.6) is 0 Å². The zero-order valence-corrected chi connectivity index (χ0v) is 17.9. The Morgan fingerprint density at radius 2 is 1.19 bits per heavy atom. The van der Waals surface area contributed by atoms with Crippen molar-refractivity contribution in [2.24, 2.45) is 0 Å². The molecule has 0 aromatic rings. The van der Waals surface area contributed by atoms with Crippen molar-refractivity contribution in [2.75, 3.05) is 13.1 Å². The Labute approximate surface area is 164 Å². The highest BCUT2D eigenvalue weighted by atomic mass is 16.1. The van der Waals surface area contributed by atoms with Crippen LogP contribution < -0.4 is 0 Å². The molecular weight excluding hydrogens is 318 g/mol. The quantitative estimate of drug-likeness (QED) is 0.199. The second kappa shape index (κ2) is 18.0. The largest absolute Gasteiger partial charge is 0.302 e. The van der Waals surface area contributed by atoms with Crippen LogP contribution in [0, 0.1) is 0 Å². The van der Waals surface area contributed by atoms with E-state index in [9.17, 15) is 4.79 Å². The highest BCUT2D eigenvalue weighted by Gasteiger charge is 2.19. The number of aldehydes is 1. The van der Waals surface area contributed by atoms with Crippen LogP contribution in [0.25, 0.3) is 0 Å². The van der Waals surface area contributed by atoms with Gasteiger partial charge in [-0.25, -0.2) is 0 Å². The molecule has 0 bridgehead atoms. The molecule has 1 fully saturated rings. The third-order valence-electron chi connectivity index (χ3n) is 6.12. The average molecular weight is 366 g/mol. The number of likely N-dealkylation sites (tertiary alicyclic amines) is 1. The van der Waals surface area contributed by atoms with Gasteiger partial charge in [0.2, 0.25) is 0 Å². The Morgan fingerprint density at radius 1 is 0.692 bits per heavy atom. The molecule has 154 valence electrons. The van der Waals surface area contributed by atoms with Crippen LogP contribution in [0.3, 0.4) is 0 Å². The Hall–Kier alpha value is -0.370. The van der Waals surface area contributed by atoms with E-state index in [1.54, 1.807) is 0 Å². The second-order valence-corrected chi connectivity index (χ2v) is 8.54. The van der Waals surface area contributed by atoms with Gasteiger partial charge in [-0.3, -0.25) is 4.90 Å². The molecule has 1 rings (SSSR count). The predicted molar refractivity (Wildman–Crippen MR) is 115 cm³/mol. The standard InChI is InChI=1S/C24H47NO/c1-2-3-4-5-6-7-8-9-10-11-12-13-14-15-18-21-25-22-19-16-17-20-24(25)23-26/h23-24H,2-22H2,1H3. The summed E-state index contributed by atoms with van der Waals surface area (Å²) in [7, 11) is 0. The van der Waals surface area contributed by atoms with Crippen molar-refractivity contribution >= 4 is 6.29 Å². The van der Waals surface area contributed by atoms with E-state index in [1.165, 1.54) is 122 Å². The lowest BCUT2D eigenvalue weighted by molar-refractivity contribution is -0.112. The van der Waals surface area contributed by atoms with Crippen molar-refractivity contribution in [3.63, 3.8) is 0 Å². The van der Waals surface area contributed by atoms with E-state index in [1.807, 2.05) is 0 Å². The lowest BCUT2D eigenvalue weighted by atomic mass is 10.0. The van der Waals surface area contributed by atoms with Crippen molar-refractivity contribution in [1.29, 1.82) is 0 Å². The topological polar surface area (TPSA) is 20.3 Å². The number of hydrogen-bond acceptors (Lipinski definition) is 2. The molecule has 0 radical (unpaired) electrons. The van der Waals surface area contributed by atoms with E-state index in [0.29, 0.717) is 0 Å². The fourth-order valence-electron chi connectivity index (χ4n) is 4.31. The second-order valence-electron chi connectivity index (χ2n) is 8.54. The zero-order valence-electron chi connectivity index (χ0n) is 17.9. The minimum absolute atomic E-state index is 0.212. The molecular formula is C24H47NO. The van der Waals surface area contributed by atoms with E-state index < -0.39 is 0 Å². The first kappa shape index (κ1) is 23.7. The third-order valence-corrected chi connectivity index (χ3v) is 6.12. The maximum absolute atomic E-state index is 11.2. The van der Waals surface area contributed by atoms with E-state index >= 15 is 0 Å². The summed E-state index contributed by atoms with van der Waals surface area (Å²) >= 11 is 0. The van der Waals surface area contributed by atoms with Gasteiger partial charge in [0.15, 0.2) is 0 Å². The van der Waals surface area contributed by atoms with Gasteiger partial charge in [-0.1, -0.05) is 110 Å². The van der Waals surface area contributed by atoms with Crippen molar-refractivity contribution < 1.29 is 4.79 Å². The number of unbranched alkanes of at least 4 members (excludes halogenated alkanes) is 14. The Kier molecular flexibility index (Phi) is 16.4. The van der Waals surface area contributed by atoms with Gasteiger partial charge in [-0.05, 0) is 32.4 Å². The van der Waals surface area contributed by atoms with Crippen LogP contribution in [0.1, 0.15) is 129 Å². The molecule has 0 aromatic carbocycles. The molecule has 0 N–H and O–H groups in total. The number of carbonyl (C=O) groups is 1. The molecule has 0 aromatic heterocycles. The molecule has 1 aliphatic rings. The number of hydrogen-bond donors (Lipinski definition) is 0. The summed E-state index contributed by atoms with van der Waals surface area (Å²) in [5.74, 6) is 0. The van der Waals surface area contributed by atoms with E-state index in [0.717, 1.165) is 19.5 Å². The minimum Gasteiger partial charge on any atom is -0.302 e. The van der Waals surface area contributed by atoms with Crippen molar-refractivity contribution in [2.45, 2.75) is 135 Å². The maximum Gasteiger partial charge on any atom is 0.137 e. The van der Waals surface area contributed by atoms with Crippen LogP contribution in [0.4, 0.5) is 0 Å². The molecule has 2 heteroatoms. The first-order valence-electron chi connectivity index (χ1n) is 12.1. The molecule has 0 amide bonds. The fourth-order valence-corrected chi connectivity index (χ4v) is 4.31. The average Bonchev–Trinajstić information content (AvgIpc) is 2.89. The van der Waals surface area contributed by atoms with Gasteiger partial charge in [0.1, 0.15) is 6.29 Å². The van der Waals surface area contributed by atoms with Gasteiger partial charge < -0.3 is 4.79 Å². The molecule has 0 spiro atoms. The van der Waals surface area contributed by atoms with Gasteiger partial charge in [0, 0.05) is 0 Å². The maximum atomic E-state index is 11.2. The van der Waals surface area contributed by atoms with E-state index in [2.05, 4.69) is 11.8 Å². The Balaban J connectivity index is 1.81. The van der Waals surface area contributed by atoms with Crippen LogP contribution in [0.15, 0.2) is 0 Å². The summed E-state index contributed by atoms with van der Waals surface area (Å²) in [5.41, 5.74) is 0. The molecule has 1 unspecified atom stereocenters. The predicted octanol–water partition coefficient (Wildman–Crippen LogP) is 7.30. The first-order valence-corrected chi connectivity index (χ1v) is 12.1. The molecule has 1 heterocycles. The van der Waals surface area contributed by atoms with Gasteiger partial charge in [0.05, 0.1) is 6.04 Å². The summed E-state index contributed by atoms with van der Waals surface area (Å²) in [6, 6.07) is 0.212. The SMILES string of the molecule is CCCCCCCCCCCCCCCCCN1CCCCCC1C=O. The monoisotopic (exact) mass is 365 g/mol. The molecule has 26 heavy (non-hydrogen) atoms. The van der Waals surface area contributed by atoms with Gasteiger partial charge >= 0.3 is 0 Å². The smallest absolute Gasteiger partial charge is 0.137 e. The summed E-state index contributed by atoms with van der Waals surface area (Å²) in [5, 5.41) is 0. The number of nitrogens with zero attached hydrogens (tertiary/aromatic N) is 1. The summed E-state index contributed by atoms with van der Waals surface area (Å²) < 4.78 is 0. The normalized spacial score (nSPS) is 18.7. The van der Waals surface area contributed by atoms with E-state index in [4.69, 9.17) is 0 Å². The summed E-state index contributed by atoms with van der Waals surface area (Å²) in [4.78, 5) is 13.7. The van der Waals surface area contributed by atoms with E-state index in [-0.39, 0.29) is 6.04 Å². The van der Waals surface area contributed by atoms with Gasteiger partial charge in [-0.15, -0.1) is 0 Å². The molecule has 1 aliphatic heterocycles. The summed E-state index contributed by atoms with van der Waals surface area (Å²) in [6.07, 6.45) is 27.4. The van der Waals surface area contributed by atoms with Crippen LogP contribution in [0.2, 0.25) is 0 Å². The number of rotatable bonds is 17. The first-order chi connectivity index (χ1) is 12.9. The zero-order chi connectivity index (χ0) is 18.7. The Morgan fingerprint density at radius 3 is 1.69 bits per heavy atom. The third kappa shape index (κ3) is 12.9. The molecule has 2 nitrogen and oxygen atoms in total. The van der Waals surface area contributed by atoms with Crippen LogP contribution in [-0.4, -0.2) is 30.3 Å². The molecule has 1 atom stereocenters. The van der Waals surface area contributed by atoms with Crippen molar-refractivity contribution in [3.8, 4) is 0 Å². The molecule has 0 aliphatic carbocycles. The molecule has 0 saturated carbocycles. The lowest BCUT2D eigenvalue weighted by Crippen LogP contribution is -2.36. The van der Waals surface area contributed by atoms with Crippen molar-refractivity contribution in [1.82, 2.24) is 4.90 Å². The van der Waals surface area contributed by atoms with Crippen LogP contribution >= 0.6 is 0 Å². The van der Waals surface area contributed by atoms with Gasteiger partial charge in [0.25, 0.3) is 0 Å². The van der Waals surface area contributed by atoms with Crippen LogP contribution in [-0.2, 0) is 4.79 Å². The fraction of sp³-hybridized carbons (Fsp3) is 0.958. The highest BCUT2D eigenvalue weighted by molar-refractivity contribution is 5.57. The highest BCUT2D eigenvalue weighted by Crippen LogP contribution is 2.17. The Bertz CT molecular complexity index is 305.